The van der Waals surface area contributed by atoms with Gasteiger partial charge in [-0.2, -0.15) is 0 Å². The topological polar surface area (TPSA) is 44.5 Å². The Morgan fingerprint density at radius 3 is 2.67 bits per heavy atom. The van der Waals surface area contributed by atoms with Crippen molar-refractivity contribution in [3.8, 4) is 0 Å². The highest BCUT2D eigenvalue weighted by Gasteiger charge is 2.18. The average Bonchev–Trinajstić information content (AvgIpc) is 2.06. The number of rotatable bonds is 3. The van der Waals surface area contributed by atoms with Gasteiger partial charge in [-0.1, -0.05) is 0 Å². The van der Waals surface area contributed by atoms with Crippen molar-refractivity contribution in [3.63, 3.8) is 0 Å². The maximum absolute atomic E-state index is 5.67. The minimum absolute atomic E-state index is 0.0141. The van der Waals surface area contributed by atoms with Crippen molar-refractivity contribution in [2.24, 2.45) is 5.73 Å². The quantitative estimate of drug-likeness (QED) is 0.699. The molecule has 0 radical (unpaired) electrons. The summed E-state index contributed by atoms with van der Waals surface area (Å²) in [5.41, 5.74) is 5.67. The Morgan fingerprint density at radius 2 is 2.17 bits per heavy atom. The van der Waals surface area contributed by atoms with Crippen LogP contribution in [0.4, 0.5) is 0 Å². The predicted octanol–water partition coefficient (Wildman–Crippen LogP) is 1.27. The molecule has 0 amide bonds. The smallest absolute Gasteiger partial charge is 0.158 e. The van der Waals surface area contributed by atoms with Crippen LogP contribution in [0.5, 0.6) is 0 Å². The molecule has 12 heavy (non-hydrogen) atoms. The van der Waals surface area contributed by atoms with Gasteiger partial charge in [-0.25, -0.2) is 0 Å². The van der Waals surface area contributed by atoms with E-state index in [2.05, 4.69) is 0 Å². The van der Waals surface area contributed by atoms with Crippen LogP contribution in [0.3, 0.4) is 0 Å². The molecule has 1 rings (SSSR count). The summed E-state index contributed by atoms with van der Waals surface area (Å²) < 4.78 is 11.0. The van der Waals surface area contributed by atoms with Crippen LogP contribution >= 0.6 is 0 Å². The predicted molar refractivity (Wildman–Crippen MR) is 47.8 cm³/mol. The molecular formula is C9H19NO2. The summed E-state index contributed by atoms with van der Waals surface area (Å²) in [5.74, 6) is 0. The second kappa shape index (κ2) is 4.80. The van der Waals surface area contributed by atoms with Gasteiger partial charge < -0.3 is 15.2 Å². The first kappa shape index (κ1) is 9.96. The van der Waals surface area contributed by atoms with Crippen molar-refractivity contribution in [3.05, 3.63) is 0 Å². The molecule has 3 nitrogen and oxygen atoms in total. The maximum atomic E-state index is 5.67. The highest BCUT2D eigenvalue weighted by Crippen LogP contribution is 2.15. The fourth-order valence-corrected chi connectivity index (χ4v) is 1.18. The van der Waals surface area contributed by atoms with Crippen LogP contribution in [0, 0.1) is 0 Å². The van der Waals surface area contributed by atoms with Crippen LogP contribution in [0.15, 0.2) is 0 Å². The number of ether oxygens (including phenoxy) is 2. The van der Waals surface area contributed by atoms with Crippen molar-refractivity contribution in [1.29, 1.82) is 0 Å². The molecule has 0 aromatic carbocycles. The Kier molecular flexibility index (Phi) is 3.98. The molecule has 0 aliphatic carbocycles. The average molecular weight is 173 g/mol. The maximum Gasteiger partial charge on any atom is 0.158 e. The Morgan fingerprint density at radius 1 is 1.42 bits per heavy atom. The largest absolute Gasteiger partial charge is 0.353 e. The molecule has 0 aromatic heterocycles. The van der Waals surface area contributed by atoms with Crippen molar-refractivity contribution in [2.45, 2.75) is 51.5 Å². The lowest BCUT2D eigenvalue weighted by molar-refractivity contribution is -0.187. The zero-order valence-electron chi connectivity index (χ0n) is 7.95. The molecule has 1 saturated heterocycles. The third-order valence-corrected chi connectivity index (χ3v) is 2.24. The van der Waals surface area contributed by atoms with Crippen LogP contribution < -0.4 is 5.73 Å². The van der Waals surface area contributed by atoms with Gasteiger partial charge >= 0.3 is 0 Å². The minimum Gasteiger partial charge on any atom is -0.353 e. The van der Waals surface area contributed by atoms with Gasteiger partial charge in [0.05, 0.1) is 6.10 Å². The number of nitrogens with two attached hydrogens (primary N) is 1. The molecule has 1 heterocycles. The molecule has 0 aromatic rings. The van der Waals surface area contributed by atoms with E-state index in [9.17, 15) is 0 Å². The van der Waals surface area contributed by atoms with E-state index in [1.54, 1.807) is 0 Å². The second-order valence-electron chi connectivity index (χ2n) is 3.50. The zero-order chi connectivity index (χ0) is 8.97. The van der Waals surface area contributed by atoms with Gasteiger partial charge in [-0.3, -0.25) is 0 Å². The van der Waals surface area contributed by atoms with Crippen LogP contribution in [0.2, 0.25) is 0 Å². The van der Waals surface area contributed by atoms with Crippen molar-refractivity contribution >= 4 is 0 Å². The van der Waals surface area contributed by atoms with E-state index >= 15 is 0 Å². The lowest BCUT2D eigenvalue weighted by Crippen LogP contribution is -2.36. The Bertz CT molecular complexity index is 122. The van der Waals surface area contributed by atoms with Gasteiger partial charge in [0.15, 0.2) is 6.29 Å². The van der Waals surface area contributed by atoms with Gasteiger partial charge in [-0.15, -0.1) is 0 Å². The van der Waals surface area contributed by atoms with Crippen molar-refractivity contribution in [2.75, 3.05) is 6.61 Å². The molecule has 3 heteroatoms. The van der Waals surface area contributed by atoms with E-state index in [1.165, 1.54) is 6.42 Å². The van der Waals surface area contributed by atoms with E-state index in [0.717, 1.165) is 19.4 Å². The SMILES string of the molecule is C[C@H](OC1CCCCO1)[C@@H](C)N. The fourth-order valence-electron chi connectivity index (χ4n) is 1.18. The molecule has 1 aliphatic rings. The molecule has 72 valence electrons. The lowest BCUT2D eigenvalue weighted by Gasteiger charge is -2.27. The normalized spacial score (nSPS) is 29.8. The van der Waals surface area contributed by atoms with Gasteiger partial charge in [-0.05, 0) is 33.1 Å². The molecule has 3 atom stereocenters. The summed E-state index contributed by atoms with van der Waals surface area (Å²) in [7, 11) is 0. The van der Waals surface area contributed by atoms with Crippen molar-refractivity contribution in [1.82, 2.24) is 0 Å². The molecule has 0 bridgehead atoms. The minimum atomic E-state index is -0.0141. The van der Waals surface area contributed by atoms with Crippen LogP contribution in [-0.4, -0.2) is 25.0 Å². The van der Waals surface area contributed by atoms with Gasteiger partial charge in [0.2, 0.25) is 0 Å². The third-order valence-electron chi connectivity index (χ3n) is 2.24. The fraction of sp³-hybridized carbons (Fsp3) is 1.00. The zero-order valence-corrected chi connectivity index (χ0v) is 7.95. The first-order valence-electron chi connectivity index (χ1n) is 4.73. The van der Waals surface area contributed by atoms with E-state index < -0.39 is 0 Å². The molecular weight excluding hydrogens is 154 g/mol. The van der Waals surface area contributed by atoms with Gasteiger partial charge in [0.1, 0.15) is 0 Å². The summed E-state index contributed by atoms with van der Waals surface area (Å²) in [5, 5.41) is 0. The Balaban J connectivity index is 2.20. The summed E-state index contributed by atoms with van der Waals surface area (Å²) in [6, 6.07) is 0.0792. The van der Waals surface area contributed by atoms with E-state index in [0.29, 0.717) is 0 Å². The summed E-state index contributed by atoms with van der Waals surface area (Å²) in [6.07, 6.45) is 3.45. The van der Waals surface area contributed by atoms with Gasteiger partial charge in [0.25, 0.3) is 0 Å². The summed E-state index contributed by atoms with van der Waals surface area (Å²) in [6.45, 7) is 4.77. The van der Waals surface area contributed by atoms with Crippen LogP contribution in [-0.2, 0) is 9.47 Å². The van der Waals surface area contributed by atoms with Crippen LogP contribution in [0.25, 0.3) is 0 Å². The first-order chi connectivity index (χ1) is 5.70. The Labute approximate surface area is 74.2 Å². The van der Waals surface area contributed by atoms with Gasteiger partial charge in [0, 0.05) is 12.6 Å². The Hall–Kier alpha value is -0.120. The number of hydrogen-bond acceptors (Lipinski definition) is 3. The van der Waals surface area contributed by atoms with E-state index in [1.807, 2.05) is 13.8 Å². The number of hydrogen-bond donors (Lipinski definition) is 1. The molecule has 1 fully saturated rings. The molecule has 1 unspecified atom stereocenters. The monoisotopic (exact) mass is 173 g/mol. The molecule has 2 N–H and O–H groups in total. The summed E-state index contributed by atoms with van der Waals surface area (Å²) >= 11 is 0. The van der Waals surface area contributed by atoms with E-state index in [4.69, 9.17) is 15.2 Å². The molecule has 0 saturated carbocycles. The van der Waals surface area contributed by atoms with Crippen LogP contribution in [0.1, 0.15) is 33.1 Å². The standard InChI is InChI=1S/C9H19NO2/c1-7(10)8(2)12-9-5-3-4-6-11-9/h7-9H,3-6,10H2,1-2H3/t7-,8+,9?/m1/s1. The highest BCUT2D eigenvalue weighted by atomic mass is 16.7. The summed E-state index contributed by atoms with van der Waals surface area (Å²) in [4.78, 5) is 0. The lowest BCUT2D eigenvalue weighted by atomic mass is 10.2. The molecule has 0 spiro atoms. The molecule has 1 aliphatic heterocycles. The third kappa shape index (κ3) is 3.09. The van der Waals surface area contributed by atoms with E-state index in [-0.39, 0.29) is 18.4 Å². The van der Waals surface area contributed by atoms with Crippen molar-refractivity contribution < 1.29 is 9.47 Å². The second-order valence-corrected chi connectivity index (χ2v) is 3.50. The first-order valence-corrected chi connectivity index (χ1v) is 4.73. The highest BCUT2D eigenvalue weighted by molar-refractivity contribution is 4.64.